The van der Waals surface area contributed by atoms with Crippen LogP contribution in [0.3, 0.4) is 0 Å². The van der Waals surface area contributed by atoms with Gasteiger partial charge in [0.15, 0.2) is 0 Å². The maximum absolute atomic E-state index is 13.8. The molecule has 1 unspecified atom stereocenters. The van der Waals surface area contributed by atoms with E-state index in [-0.39, 0.29) is 48.1 Å². The zero-order chi connectivity index (χ0) is 44.9. The number of nitrogens with zero attached hydrogens (tertiary/aromatic N) is 4. The molecule has 2 N–H and O–H groups in total. The smallest absolute Gasteiger partial charge is 0.407 e. The number of carbonyl (C=O) groups excluding carboxylic acids is 4. The van der Waals surface area contributed by atoms with Gasteiger partial charge in [0.1, 0.15) is 11.9 Å². The molecule has 3 amide bonds. The molecule has 9 rings (SSSR count). The Morgan fingerprint density at radius 3 is 2.05 bits per heavy atom. The summed E-state index contributed by atoms with van der Waals surface area (Å²) in [4.78, 5) is 69.2. The molecule has 4 aromatic rings. The Bertz CT molecular complexity index is 2530. The van der Waals surface area contributed by atoms with E-state index < -0.39 is 18.1 Å². The van der Waals surface area contributed by atoms with Gasteiger partial charge in [-0.2, -0.15) is 0 Å². The molecule has 4 heterocycles. The van der Waals surface area contributed by atoms with Crippen LogP contribution in [0.1, 0.15) is 114 Å². The number of ether oxygens (including phenoxy) is 2. The zero-order valence-corrected chi connectivity index (χ0v) is 38.2. The predicted molar refractivity (Wildman–Crippen MR) is 248 cm³/mol. The van der Waals surface area contributed by atoms with Gasteiger partial charge in [0.05, 0.1) is 49.7 Å². The topological polar surface area (TPSA) is 146 Å². The van der Waals surface area contributed by atoms with Gasteiger partial charge in [-0.25, -0.2) is 9.78 Å². The number of imidazole rings is 1. The second kappa shape index (κ2) is 17.7. The number of carbonyl (C=O) groups is 4. The normalized spacial score (nSPS) is 20.9. The Morgan fingerprint density at radius 2 is 1.42 bits per heavy atom. The summed E-state index contributed by atoms with van der Waals surface area (Å²) in [5.41, 5.74) is 13.3. The molecule has 1 saturated carbocycles. The second-order valence-corrected chi connectivity index (χ2v) is 19.6. The average molecular weight is 867 g/mol. The predicted octanol–water partition coefficient (Wildman–Crippen LogP) is 9.22. The van der Waals surface area contributed by atoms with Crippen LogP contribution < -0.4 is 5.32 Å². The monoisotopic (exact) mass is 866 g/mol. The summed E-state index contributed by atoms with van der Waals surface area (Å²) in [6.07, 6.45) is 11.6. The highest BCUT2D eigenvalue weighted by atomic mass is 16.5. The molecule has 0 bridgehead atoms. The lowest BCUT2D eigenvalue weighted by atomic mass is 9.67. The molecule has 3 aliphatic heterocycles. The highest BCUT2D eigenvalue weighted by Gasteiger charge is 2.44. The number of nitrogens with one attached hydrogen (secondary N) is 2. The fourth-order valence-electron chi connectivity index (χ4n) is 11.2. The lowest BCUT2D eigenvalue weighted by Gasteiger charge is -2.38. The van der Waals surface area contributed by atoms with E-state index in [1.54, 1.807) is 0 Å². The third kappa shape index (κ3) is 8.13. The molecule has 2 aliphatic carbocycles. The van der Waals surface area contributed by atoms with Gasteiger partial charge >= 0.3 is 12.1 Å². The Morgan fingerprint density at radius 1 is 0.781 bits per heavy atom. The second-order valence-electron chi connectivity index (χ2n) is 19.6. The number of allylic oxidation sites excluding steroid dienone is 1. The first-order valence-electron chi connectivity index (χ1n) is 23.4. The van der Waals surface area contributed by atoms with Crippen molar-refractivity contribution in [3.05, 3.63) is 83.3 Å². The van der Waals surface area contributed by atoms with E-state index in [9.17, 15) is 19.2 Å². The minimum atomic E-state index is -0.683. The summed E-state index contributed by atoms with van der Waals surface area (Å²) >= 11 is 0. The molecule has 12 nitrogen and oxygen atoms in total. The van der Waals surface area contributed by atoms with Crippen molar-refractivity contribution < 1.29 is 28.7 Å². The number of aromatic nitrogens is 2. The van der Waals surface area contributed by atoms with E-state index in [4.69, 9.17) is 19.5 Å². The van der Waals surface area contributed by atoms with Gasteiger partial charge in [0.25, 0.3) is 0 Å². The van der Waals surface area contributed by atoms with Crippen LogP contribution in [0.5, 0.6) is 0 Å². The maximum atomic E-state index is 13.8. The fraction of sp³-hybridized carbons (Fsp3) is 0.500. The number of rotatable bonds is 12. The largest absolute Gasteiger partial charge is 0.469 e. The van der Waals surface area contributed by atoms with Crippen LogP contribution in [-0.2, 0) is 36.7 Å². The van der Waals surface area contributed by atoms with Crippen LogP contribution in [0.25, 0.3) is 38.9 Å². The number of benzene rings is 3. The van der Waals surface area contributed by atoms with Gasteiger partial charge in [-0.15, -0.1) is 0 Å². The molecule has 1 aromatic heterocycles. The van der Waals surface area contributed by atoms with Gasteiger partial charge in [0, 0.05) is 31.4 Å². The summed E-state index contributed by atoms with van der Waals surface area (Å²) in [5, 5.41) is 2.74. The lowest BCUT2D eigenvalue weighted by molar-refractivity contribution is -0.148. The zero-order valence-electron chi connectivity index (χ0n) is 38.2. The Balaban J connectivity index is 0.928. The van der Waals surface area contributed by atoms with E-state index in [2.05, 4.69) is 64.9 Å². The molecule has 3 fully saturated rings. The van der Waals surface area contributed by atoms with Gasteiger partial charge in [-0.05, 0) is 125 Å². The quantitative estimate of drug-likeness (QED) is 0.135. The average Bonchev–Trinajstić information content (AvgIpc) is 4.14. The number of methoxy groups -OCH3 is 2. The van der Waals surface area contributed by atoms with Crippen molar-refractivity contribution in [1.82, 2.24) is 25.1 Å². The van der Waals surface area contributed by atoms with Gasteiger partial charge in [-0.3, -0.25) is 19.4 Å². The maximum Gasteiger partial charge on any atom is 0.407 e. The van der Waals surface area contributed by atoms with Crippen molar-refractivity contribution in [1.29, 1.82) is 0 Å². The van der Waals surface area contributed by atoms with Crippen molar-refractivity contribution in [3.8, 4) is 22.3 Å². The number of alkyl carbamates (subject to hydrolysis) is 1. The molecule has 64 heavy (non-hydrogen) atoms. The molecule has 1 spiro atoms. The van der Waals surface area contributed by atoms with Crippen LogP contribution in [0.4, 0.5) is 4.79 Å². The molecular formula is C52H62N6O6. The third-order valence-electron chi connectivity index (χ3n) is 15.0. The summed E-state index contributed by atoms with van der Waals surface area (Å²) in [6, 6.07) is 19.1. The number of likely N-dealkylation sites (tertiary alicyclic amines) is 2. The van der Waals surface area contributed by atoms with Crippen LogP contribution in [-0.4, -0.2) is 88.7 Å². The molecule has 3 aromatic carbocycles. The van der Waals surface area contributed by atoms with Gasteiger partial charge in [0.2, 0.25) is 11.8 Å². The number of aliphatic imine (C=N–C) groups is 1. The molecule has 2 saturated heterocycles. The molecule has 5 aliphatic rings. The number of H-pyrrole nitrogens is 1. The number of amides is 3. The highest BCUT2D eigenvalue weighted by Crippen LogP contribution is 2.55. The summed E-state index contributed by atoms with van der Waals surface area (Å²) in [7, 11) is 2.68. The first-order chi connectivity index (χ1) is 30.9. The number of hydrogen-bond donors (Lipinski definition) is 2. The number of fused-ring (bicyclic) bond motifs is 2. The third-order valence-corrected chi connectivity index (χ3v) is 15.0. The molecule has 0 radical (unpaired) electrons. The summed E-state index contributed by atoms with van der Waals surface area (Å²) in [6.45, 7) is 9.13. The number of aromatic amines is 1. The first kappa shape index (κ1) is 43.5. The Labute approximate surface area is 376 Å². The highest BCUT2D eigenvalue weighted by molar-refractivity contribution is 6.03. The van der Waals surface area contributed by atoms with Gasteiger partial charge < -0.3 is 29.6 Å². The van der Waals surface area contributed by atoms with E-state index in [0.717, 1.165) is 77.8 Å². The Hall–Kier alpha value is -5.78. The van der Waals surface area contributed by atoms with Crippen molar-refractivity contribution in [2.24, 2.45) is 28.2 Å². The number of hydrogen-bond acceptors (Lipinski definition) is 8. The van der Waals surface area contributed by atoms with Crippen LogP contribution in [0.2, 0.25) is 0 Å². The van der Waals surface area contributed by atoms with Crippen LogP contribution >= 0.6 is 0 Å². The summed E-state index contributed by atoms with van der Waals surface area (Å²) in [5.74, 6) is -0.151. The minimum absolute atomic E-state index is 0.0236. The molecule has 336 valence electrons. The van der Waals surface area contributed by atoms with Crippen LogP contribution in [0, 0.1) is 23.2 Å². The van der Waals surface area contributed by atoms with Crippen LogP contribution in [0.15, 0.2) is 65.8 Å². The van der Waals surface area contributed by atoms with E-state index in [1.807, 2.05) is 43.7 Å². The summed E-state index contributed by atoms with van der Waals surface area (Å²) < 4.78 is 9.74. The molecule has 12 heteroatoms. The van der Waals surface area contributed by atoms with Crippen molar-refractivity contribution >= 4 is 46.2 Å². The van der Waals surface area contributed by atoms with E-state index in [0.29, 0.717) is 24.9 Å². The minimum Gasteiger partial charge on any atom is -0.469 e. The molecule has 4 atom stereocenters. The lowest BCUT2D eigenvalue weighted by Crippen LogP contribution is -2.51. The Kier molecular flexibility index (Phi) is 12.0. The standard InChI is InChI=1S/C52H62N6O6/c1-30(2)38(26-46(59)63-5)49(60)57-22-7-10-44(57)43-25-35(29-53-43)32-12-14-33(15-13-32)36-17-18-37(40-28-52(20-9-21-52)27-39(36)40)34-16-19-41-42(24-34)55-48(54-41)45-11-8-23-58(45)50(61)47(31(3)4)56-51(62)64-6/h12-19,24,29-31,38,44-45,47H,7-11,20-23,25-28H2,1-6H3,(H,54,55)(H,56,62)/t38-,44-,45-,47?/m0/s1. The molecular weight excluding hydrogens is 805 g/mol. The van der Waals surface area contributed by atoms with Crippen molar-refractivity contribution in [3.63, 3.8) is 0 Å². The van der Waals surface area contributed by atoms with Crippen molar-refractivity contribution in [2.75, 3.05) is 27.3 Å². The van der Waals surface area contributed by atoms with Gasteiger partial charge in [-0.1, -0.05) is 76.6 Å². The first-order valence-corrected chi connectivity index (χ1v) is 23.4. The number of esters is 1. The SMILES string of the molecule is COC(=O)C[C@H](C(=O)N1CCC[C@H]1C1=NC=C(c2ccc(-c3ccc(-c4ccc5nc([C@@H]6CCCN6C(=O)C(NC(=O)OC)C(C)C)[nH]c5c4)c4c3CC3(CCC3)C4)cc2)C1)C(C)C. The fourth-order valence-corrected chi connectivity index (χ4v) is 11.2. The van der Waals surface area contributed by atoms with E-state index >= 15 is 0 Å². The van der Waals surface area contributed by atoms with Crippen molar-refractivity contribution in [2.45, 2.75) is 116 Å². The van der Waals surface area contributed by atoms with E-state index in [1.165, 1.54) is 61.3 Å².